The summed E-state index contributed by atoms with van der Waals surface area (Å²) >= 11 is 0. The first kappa shape index (κ1) is 24.2. The number of carbonyl (C=O) groups is 4. The lowest BCUT2D eigenvalue weighted by Crippen LogP contribution is -2.47. The van der Waals surface area contributed by atoms with Gasteiger partial charge in [-0.3, -0.25) is 24.5 Å². The number of nitrogens with one attached hydrogen (secondary N) is 1. The summed E-state index contributed by atoms with van der Waals surface area (Å²) in [5, 5.41) is 11.8. The Morgan fingerprint density at radius 1 is 1.09 bits per heavy atom. The van der Waals surface area contributed by atoms with Crippen molar-refractivity contribution in [1.82, 2.24) is 10.2 Å². The van der Waals surface area contributed by atoms with Gasteiger partial charge in [-0.2, -0.15) is 0 Å². The van der Waals surface area contributed by atoms with Gasteiger partial charge in [0.05, 0.1) is 17.4 Å². The second kappa shape index (κ2) is 9.76. The van der Waals surface area contributed by atoms with E-state index in [-0.39, 0.29) is 35.7 Å². The van der Waals surface area contributed by atoms with Crippen LogP contribution >= 0.6 is 0 Å². The number of carbonyl (C=O) groups excluding carboxylic acids is 3. The highest BCUT2D eigenvalue weighted by Gasteiger charge is 2.40. The Morgan fingerprint density at radius 2 is 1.76 bits per heavy atom. The van der Waals surface area contributed by atoms with Gasteiger partial charge in [0.1, 0.15) is 5.75 Å². The number of aliphatic carboxylic acids is 1. The molecule has 3 aliphatic rings. The van der Waals surface area contributed by atoms with E-state index < -0.39 is 11.4 Å². The first-order chi connectivity index (χ1) is 16.2. The van der Waals surface area contributed by atoms with E-state index in [4.69, 9.17) is 4.74 Å². The van der Waals surface area contributed by atoms with Crippen LogP contribution in [0.5, 0.6) is 5.75 Å². The van der Waals surface area contributed by atoms with Crippen LogP contribution in [0, 0.1) is 18.3 Å². The number of piperidine rings is 2. The van der Waals surface area contributed by atoms with Crippen molar-refractivity contribution in [2.45, 2.75) is 77.2 Å². The number of carboxylic acids is 1. The maximum Gasteiger partial charge on any atom is 0.309 e. The molecule has 4 rings (SSSR count). The second-order valence-corrected chi connectivity index (χ2v) is 10.3. The number of hydrogen-bond acceptors (Lipinski definition) is 5. The van der Waals surface area contributed by atoms with Crippen molar-refractivity contribution >= 4 is 23.7 Å². The van der Waals surface area contributed by atoms with Gasteiger partial charge in [0.25, 0.3) is 0 Å². The predicted octanol–water partition coefficient (Wildman–Crippen LogP) is 3.17. The third-order valence-electron chi connectivity index (χ3n) is 7.85. The first-order valence-electron chi connectivity index (χ1n) is 12.3. The fourth-order valence-electron chi connectivity index (χ4n) is 5.33. The molecule has 34 heavy (non-hydrogen) atoms. The van der Waals surface area contributed by atoms with Crippen LogP contribution in [-0.2, 0) is 19.2 Å². The van der Waals surface area contributed by atoms with Gasteiger partial charge in [-0.05, 0) is 76.0 Å². The molecule has 0 unspecified atom stereocenters. The number of rotatable bonds is 5. The number of hydrogen-bond donors (Lipinski definition) is 2. The molecule has 2 N–H and O–H groups in total. The number of likely N-dealkylation sites (tertiary alicyclic amines) is 1. The van der Waals surface area contributed by atoms with Crippen LogP contribution < -0.4 is 10.1 Å². The summed E-state index contributed by atoms with van der Waals surface area (Å²) in [7, 11) is 0. The van der Waals surface area contributed by atoms with Crippen LogP contribution in [0.25, 0.3) is 0 Å². The molecule has 184 valence electrons. The molecule has 8 nitrogen and oxygen atoms in total. The van der Waals surface area contributed by atoms with Crippen molar-refractivity contribution in [1.29, 1.82) is 0 Å². The summed E-state index contributed by atoms with van der Waals surface area (Å²) in [6, 6.07) is 5.77. The zero-order chi connectivity index (χ0) is 24.5. The van der Waals surface area contributed by atoms with Gasteiger partial charge in [-0.1, -0.05) is 12.1 Å². The van der Waals surface area contributed by atoms with E-state index in [2.05, 4.69) is 5.32 Å². The molecule has 0 bridgehead atoms. The van der Waals surface area contributed by atoms with E-state index in [0.29, 0.717) is 38.8 Å². The van der Waals surface area contributed by atoms with Crippen molar-refractivity contribution in [3.63, 3.8) is 0 Å². The van der Waals surface area contributed by atoms with E-state index in [0.717, 1.165) is 42.6 Å². The molecule has 1 aromatic rings. The van der Waals surface area contributed by atoms with Gasteiger partial charge in [0.15, 0.2) is 0 Å². The third kappa shape index (κ3) is 5.10. The van der Waals surface area contributed by atoms with E-state index >= 15 is 0 Å². The molecular formula is C26H34N2O6. The van der Waals surface area contributed by atoms with E-state index in [1.807, 2.05) is 30.0 Å². The average molecular weight is 471 g/mol. The van der Waals surface area contributed by atoms with Crippen LogP contribution in [0.4, 0.5) is 0 Å². The summed E-state index contributed by atoms with van der Waals surface area (Å²) in [6.45, 7) is 4.74. The fourth-order valence-corrected chi connectivity index (χ4v) is 5.33. The number of aryl methyl sites for hydroxylation is 1. The predicted molar refractivity (Wildman–Crippen MR) is 124 cm³/mol. The van der Waals surface area contributed by atoms with Gasteiger partial charge in [0, 0.05) is 25.4 Å². The van der Waals surface area contributed by atoms with E-state index in [1.54, 1.807) is 6.92 Å². The molecule has 1 saturated carbocycles. The maximum absolute atomic E-state index is 13.0. The van der Waals surface area contributed by atoms with E-state index in [1.165, 1.54) is 0 Å². The highest BCUT2D eigenvalue weighted by molar-refractivity contribution is 6.00. The molecule has 2 saturated heterocycles. The van der Waals surface area contributed by atoms with Gasteiger partial charge in [0.2, 0.25) is 17.7 Å². The minimum Gasteiger partial charge on any atom is -0.490 e. The van der Waals surface area contributed by atoms with Gasteiger partial charge >= 0.3 is 5.97 Å². The lowest BCUT2D eigenvalue weighted by molar-refractivity contribution is -0.154. The van der Waals surface area contributed by atoms with Crippen LogP contribution in [0.15, 0.2) is 18.2 Å². The Balaban J connectivity index is 1.28. The Labute approximate surface area is 200 Å². The zero-order valence-corrected chi connectivity index (χ0v) is 20.0. The lowest BCUT2D eigenvalue weighted by atomic mass is 9.79. The fraction of sp³-hybridized carbons (Fsp3) is 0.615. The molecule has 2 aliphatic heterocycles. The minimum atomic E-state index is -0.780. The SMILES string of the molecule is Cc1cc([C@H]2CCC(=O)NC2=O)ccc1OC1CCC(C(=O)N2CCC(C)(C(=O)O)CC2)CC1. The Bertz CT molecular complexity index is 974. The monoisotopic (exact) mass is 470 g/mol. The maximum atomic E-state index is 13.0. The largest absolute Gasteiger partial charge is 0.490 e. The van der Waals surface area contributed by atoms with Crippen LogP contribution in [0.1, 0.15) is 75.3 Å². The summed E-state index contributed by atoms with van der Waals surface area (Å²) < 4.78 is 6.25. The smallest absolute Gasteiger partial charge is 0.309 e. The molecule has 0 spiro atoms. The molecule has 3 fully saturated rings. The molecule has 1 aliphatic carbocycles. The van der Waals surface area contributed by atoms with Crippen molar-refractivity contribution in [2.75, 3.05) is 13.1 Å². The van der Waals surface area contributed by atoms with Gasteiger partial charge < -0.3 is 14.7 Å². The van der Waals surface area contributed by atoms with Crippen LogP contribution in [0.2, 0.25) is 0 Å². The Kier molecular flexibility index (Phi) is 6.96. The standard InChI is InChI=1S/C26H34N2O6/c1-16-15-18(20-8-10-22(29)27-23(20)30)5-9-21(16)34-19-6-3-17(4-7-19)24(31)28-13-11-26(2,12-14-28)25(32)33/h5,9,15,17,19-20H,3-4,6-8,10-14H2,1-2H3,(H,32,33)(H,27,29,30)/t17?,19?,20-/m1/s1. The summed E-state index contributed by atoms with van der Waals surface area (Å²) in [6.07, 6.45) is 5.05. The number of carboxylic acid groups (broad SMARTS) is 1. The van der Waals surface area contributed by atoms with E-state index in [9.17, 15) is 24.3 Å². The van der Waals surface area contributed by atoms with Crippen molar-refractivity contribution in [3.05, 3.63) is 29.3 Å². The molecule has 2 heterocycles. The summed E-state index contributed by atoms with van der Waals surface area (Å²) in [5.74, 6) is -0.636. The number of imide groups is 1. The second-order valence-electron chi connectivity index (χ2n) is 10.3. The molecule has 1 aromatic carbocycles. The summed E-state index contributed by atoms with van der Waals surface area (Å²) in [4.78, 5) is 49.8. The number of benzene rings is 1. The molecule has 1 atom stereocenters. The number of ether oxygens (including phenoxy) is 1. The third-order valence-corrected chi connectivity index (χ3v) is 7.85. The normalized spacial score (nSPS) is 27.1. The lowest BCUT2D eigenvalue weighted by Gasteiger charge is -2.39. The van der Waals surface area contributed by atoms with Crippen molar-refractivity contribution < 1.29 is 29.0 Å². The van der Waals surface area contributed by atoms with Crippen molar-refractivity contribution in [3.8, 4) is 5.75 Å². The summed E-state index contributed by atoms with van der Waals surface area (Å²) in [5.41, 5.74) is 1.12. The molecule has 0 radical (unpaired) electrons. The molecular weight excluding hydrogens is 436 g/mol. The molecule has 8 heteroatoms. The zero-order valence-electron chi connectivity index (χ0n) is 20.0. The van der Waals surface area contributed by atoms with Crippen LogP contribution in [-0.4, -0.2) is 52.9 Å². The number of amides is 3. The number of nitrogens with zero attached hydrogens (tertiary/aromatic N) is 1. The Hall–Kier alpha value is -2.90. The van der Waals surface area contributed by atoms with Gasteiger partial charge in [-0.15, -0.1) is 0 Å². The van der Waals surface area contributed by atoms with Crippen molar-refractivity contribution in [2.24, 2.45) is 11.3 Å². The van der Waals surface area contributed by atoms with Crippen LogP contribution in [0.3, 0.4) is 0 Å². The highest BCUT2D eigenvalue weighted by Crippen LogP contribution is 2.35. The molecule has 3 amide bonds. The first-order valence-corrected chi connectivity index (χ1v) is 12.3. The van der Waals surface area contributed by atoms with Gasteiger partial charge in [-0.25, -0.2) is 0 Å². The molecule has 0 aromatic heterocycles. The quantitative estimate of drug-likeness (QED) is 0.639. The minimum absolute atomic E-state index is 0.0231. The Morgan fingerprint density at radius 3 is 2.35 bits per heavy atom. The average Bonchev–Trinajstić information content (AvgIpc) is 2.81. The highest BCUT2D eigenvalue weighted by atomic mass is 16.5. The topological polar surface area (TPSA) is 113 Å².